The second-order valence-corrected chi connectivity index (χ2v) is 6.64. The van der Waals surface area contributed by atoms with E-state index in [1.165, 1.54) is 11.1 Å². The van der Waals surface area contributed by atoms with Gasteiger partial charge in [0.25, 0.3) is 5.91 Å². The average Bonchev–Trinajstić information content (AvgIpc) is 2.87. The Morgan fingerprint density at radius 2 is 1.96 bits per heavy atom. The number of aryl methyl sites for hydroxylation is 2. The quantitative estimate of drug-likeness (QED) is 0.717. The smallest absolute Gasteiger partial charge is 0.257 e. The number of hydrogen-bond donors (Lipinski definition) is 1. The summed E-state index contributed by atoms with van der Waals surface area (Å²) in [5.41, 5.74) is 3.97. The molecule has 0 aliphatic heterocycles. The highest BCUT2D eigenvalue weighted by molar-refractivity contribution is 9.10. The summed E-state index contributed by atoms with van der Waals surface area (Å²) in [5, 5.41) is 7.33. The third-order valence-electron chi connectivity index (χ3n) is 3.77. The van der Waals surface area contributed by atoms with Gasteiger partial charge in [0.05, 0.1) is 11.0 Å². The minimum absolute atomic E-state index is 0.158. The minimum Gasteiger partial charge on any atom is -0.304 e. The maximum absolute atomic E-state index is 12.4. The molecule has 5 heteroatoms. The first-order chi connectivity index (χ1) is 11.5. The number of nitrogens with zero attached hydrogens (tertiary/aromatic N) is 2. The van der Waals surface area contributed by atoms with Crippen LogP contribution in [0.15, 0.2) is 59.2 Å². The summed E-state index contributed by atoms with van der Waals surface area (Å²) in [6.45, 7) is 4.64. The molecule has 1 amide bonds. The fourth-order valence-corrected chi connectivity index (χ4v) is 2.98. The van der Waals surface area contributed by atoms with Gasteiger partial charge < -0.3 is 5.32 Å². The van der Waals surface area contributed by atoms with Crippen LogP contribution in [0.3, 0.4) is 0 Å². The standard InChI is InChI=1S/C19H18BrN3O/c1-13-6-5-8-15(10-13)11-23-12-17(20)18(22-23)21-19(24)16-9-4-3-7-14(16)2/h3-10,12H,11H2,1-2H3,(H,21,22,24). The number of carbonyl (C=O) groups excluding carboxylic acids is 1. The van der Waals surface area contributed by atoms with Crippen LogP contribution in [-0.4, -0.2) is 15.7 Å². The van der Waals surface area contributed by atoms with Crippen molar-refractivity contribution >= 4 is 27.7 Å². The van der Waals surface area contributed by atoms with Crippen LogP contribution in [0.2, 0.25) is 0 Å². The van der Waals surface area contributed by atoms with Crippen LogP contribution < -0.4 is 5.32 Å². The summed E-state index contributed by atoms with van der Waals surface area (Å²) in [6.07, 6.45) is 1.87. The van der Waals surface area contributed by atoms with Crippen LogP contribution in [0.5, 0.6) is 0 Å². The van der Waals surface area contributed by atoms with Gasteiger partial charge in [0.15, 0.2) is 5.82 Å². The van der Waals surface area contributed by atoms with Crippen LogP contribution in [0, 0.1) is 13.8 Å². The van der Waals surface area contributed by atoms with E-state index < -0.39 is 0 Å². The van der Waals surface area contributed by atoms with Gasteiger partial charge in [0.2, 0.25) is 0 Å². The van der Waals surface area contributed by atoms with Crippen LogP contribution in [-0.2, 0) is 6.54 Å². The molecular weight excluding hydrogens is 366 g/mol. The van der Waals surface area contributed by atoms with E-state index in [2.05, 4.69) is 51.5 Å². The molecule has 0 aliphatic carbocycles. The van der Waals surface area contributed by atoms with Gasteiger partial charge in [-0.05, 0) is 47.0 Å². The van der Waals surface area contributed by atoms with Crippen molar-refractivity contribution in [3.05, 3.63) is 81.5 Å². The number of benzene rings is 2. The number of amides is 1. The number of rotatable bonds is 4. The Hall–Kier alpha value is -2.40. The average molecular weight is 384 g/mol. The summed E-state index contributed by atoms with van der Waals surface area (Å²) in [7, 11) is 0. The predicted octanol–water partition coefficient (Wildman–Crippen LogP) is 4.56. The lowest BCUT2D eigenvalue weighted by Gasteiger charge is -2.06. The largest absolute Gasteiger partial charge is 0.304 e. The van der Waals surface area contributed by atoms with Gasteiger partial charge in [-0.25, -0.2) is 0 Å². The van der Waals surface area contributed by atoms with E-state index in [9.17, 15) is 4.79 Å². The molecule has 0 saturated heterocycles. The Morgan fingerprint density at radius 3 is 2.71 bits per heavy atom. The van der Waals surface area contributed by atoms with E-state index in [-0.39, 0.29) is 5.91 Å². The van der Waals surface area contributed by atoms with Gasteiger partial charge in [-0.3, -0.25) is 9.48 Å². The predicted molar refractivity (Wildman–Crippen MR) is 99.3 cm³/mol. The molecule has 0 fully saturated rings. The lowest BCUT2D eigenvalue weighted by atomic mass is 10.1. The van der Waals surface area contributed by atoms with E-state index in [0.717, 1.165) is 10.0 Å². The maximum Gasteiger partial charge on any atom is 0.257 e. The van der Waals surface area contributed by atoms with E-state index >= 15 is 0 Å². The van der Waals surface area contributed by atoms with E-state index in [4.69, 9.17) is 0 Å². The van der Waals surface area contributed by atoms with Crippen molar-refractivity contribution < 1.29 is 4.79 Å². The van der Waals surface area contributed by atoms with Crippen molar-refractivity contribution in [3.8, 4) is 0 Å². The minimum atomic E-state index is -0.158. The van der Waals surface area contributed by atoms with Crippen molar-refractivity contribution in [2.45, 2.75) is 20.4 Å². The first-order valence-electron chi connectivity index (χ1n) is 7.68. The van der Waals surface area contributed by atoms with Gasteiger partial charge in [0.1, 0.15) is 0 Å². The molecule has 122 valence electrons. The summed E-state index contributed by atoms with van der Waals surface area (Å²) >= 11 is 3.47. The highest BCUT2D eigenvalue weighted by atomic mass is 79.9. The SMILES string of the molecule is Cc1cccc(Cn2cc(Br)c(NC(=O)c3ccccc3C)n2)c1. The Bertz CT molecular complexity index is 886. The number of anilines is 1. The molecule has 4 nitrogen and oxygen atoms in total. The van der Waals surface area contributed by atoms with E-state index in [0.29, 0.717) is 17.9 Å². The van der Waals surface area contributed by atoms with Crippen LogP contribution >= 0.6 is 15.9 Å². The molecule has 1 N–H and O–H groups in total. The van der Waals surface area contributed by atoms with Crippen molar-refractivity contribution in [1.29, 1.82) is 0 Å². The Kier molecular flexibility index (Phi) is 4.81. The molecule has 1 heterocycles. The van der Waals surface area contributed by atoms with Crippen molar-refractivity contribution in [3.63, 3.8) is 0 Å². The molecular formula is C19H18BrN3O. The molecule has 3 rings (SSSR count). The van der Waals surface area contributed by atoms with Gasteiger partial charge >= 0.3 is 0 Å². The first kappa shape index (κ1) is 16.5. The number of carbonyl (C=O) groups is 1. The Balaban J connectivity index is 1.77. The zero-order valence-corrected chi connectivity index (χ0v) is 15.2. The molecule has 0 saturated carbocycles. The molecule has 0 spiro atoms. The zero-order valence-electron chi connectivity index (χ0n) is 13.6. The summed E-state index contributed by atoms with van der Waals surface area (Å²) < 4.78 is 2.57. The third kappa shape index (κ3) is 3.74. The van der Waals surface area contributed by atoms with E-state index in [1.54, 1.807) is 0 Å². The summed E-state index contributed by atoms with van der Waals surface area (Å²) in [6, 6.07) is 15.8. The molecule has 0 atom stereocenters. The van der Waals surface area contributed by atoms with E-state index in [1.807, 2.05) is 48.1 Å². The Labute approximate surface area is 149 Å². The first-order valence-corrected chi connectivity index (χ1v) is 8.48. The van der Waals surface area contributed by atoms with Crippen LogP contribution in [0.1, 0.15) is 27.0 Å². The molecule has 1 aromatic heterocycles. The molecule has 2 aromatic carbocycles. The molecule has 24 heavy (non-hydrogen) atoms. The molecule has 3 aromatic rings. The van der Waals surface area contributed by atoms with Crippen molar-refractivity contribution in [1.82, 2.24) is 9.78 Å². The lowest BCUT2D eigenvalue weighted by molar-refractivity contribution is 0.102. The summed E-state index contributed by atoms with van der Waals surface area (Å²) in [4.78, 5) is 12.4. The van der Waals surface area contributed by atoms with Crippen LogP contribution in [0.4, 0.5) is 5.82 Å². The van der Waals surface area contributed by atoms with Crippen molar-refractivity contribution in [2.24, 2.45) is 0 Å². The number of halogens is 1. The number of nitrogens with one attached hydrogen (secondary N) is 1. The van der Waals surface area contributed by atoms with Gasteiger partial charge in [-0.1, -0.05) is 48.0 Å². The number of aromatic nitrogens is 2. The normalized spacial score (nSPS) is 10.6. The lowest BCUT2D eigenvalue weighted by Crippen LogP contribution is -2.14. The van der Waals surface area contributed by atoms with Gasteiger partial charge in [-0.15, -0.1) is 0 Å². The second-order valence-electron chi connectivity index (χ2n) is 5.78. The molecule has 0 bridgehead atoms. The topological polar surface area (TPSA) is 46.9 Å². The molecule has 0 radical (unpaired) electrons. The highest BCUT2D eigenvalue weighted by Crippen LogP contribution is 2.22. The second kappa shape index (κ2) is 7.01. The fourth-order valence-electron chi connectivity index (χ4n) is 2.56. The fraction of sp³-hybridized carbons (Fsp3) is 0.158. The van der Waals surface area contributed by atoms with Crippen LogP contribution in [0.25, 0.3) is 0 Å². The number of hydrogen-bond acceptors (Lipinski definition) is 2. The van der Waals surface area contributed by atoms with Gasteiger partial charge in [0, 0.05) is 11.8 Å². The van der Waals surface area contributed by atoms with Crippen molar-refractivity contribution in [2.75, 3.05) is 5.32 Å². The zero-order chi connectivity index (χ0) is 17.1. The van der Waals surface area contributed by atoms with Gasteiger partial charge in [-0.2, -0.15) is 5.10 Å². The monoisotopic (exact) mass is 383 g/mol. The highest BCUT2D eigenvalue weighted by Gasteiger charge is 2.13. The molecule has 0 unspecified atom stereocenters. The Morgan fingerprint density at radius 1 is 1.17 bits per heavy atom. The summed E-state index contributed by atoms with van der Waals surface area (Å²) in [5.74, 6) is 0.366. The maximum atomic E-state index is 12.4. The third-order valence-corrected chi connectivity index (χ3v) is 4.35. The molecule has 0 aliphatic rings.